The Kier molecular flexibility index (Phi) is 4.96. The van der Waals surface area contributed by atoms with Gasteiger partial charge in [0.25, 0.3) is 0 Å². The van der Waals surface area contributed by atoms with Gasteiger partial charge < -0.3 is 11.1 Å². The van der Waals surface area contributed by atoms with Crippen LogP contribution in [0.3, 0.4) is 0 Å². The third-order valence-corrected chi connectivity index (χ3v) is 4.88. The highest BCUT2D eigenvalue weighted by Crippen LogP contribution is 2.25. The van der Waals surface area contributed by atoms with Gasteiger partial charge in [0.05, 0.1) is 11.3 Å². The molecule has 0 saturated carbocycles. The molecule has 0 fully saturated rings. The zero-order valence-electron chi connectivity index (χ0n) is 13.9. The van der Waals surface area contributed by atoms with Crippen molar-refractivity contribution >= 4 is 26.6 Å². The normalized spacial score (nSPS) is 11.7. The number of nitrogens with zero attached hydrogens (tertiary/aromatic N) is 2. The fourth-order valence-corrected chi connectivity index (χ4v) is 3.08. The summed E-state index contributed by atoms with van der Waals surface area (Å²) in [4.78, 5) is 8.24. The number of fused-ring (bicyclic) bond motifs is 1. The summed E-state index contributed by atoms with van der Waals surface area (Å²) >= 11 is 0. The molecular formula is C18H20N4O2S. The molecule has 1 heterocycles. The third-order valence-electron chi connectivity index (χ3n) is 3.93. The maximum absolute atomic E-state index is 11.1. The van der Waals surface area contributed by atoms with Crippen molar-refractivity contribution in [3.05, 3.63) is 54.4 Å². The first kappa shape index (κ1) is 17.3. The maximum atomic E-state index is 11.1. The van der Waals surface area contributed by atoms with Crippen LogP contribution in [0.5, 0.6) is 0 Å². The number of anilines is 1. The van der Waals surface area contributed by atoms with Crippen molar-refractivity contribution in [3.63, 3.8) is 0 Å². The lowest BCUT2D eigenvalue weighted by molar-refractivity contribution is 0.596. The quantitative estimate of drug-likeness (QED) is 0.656. The van der Waals surface area contributed by atoms with Gasteiger partial charge in [-0.25, -0.2) is 18.4 Å². The van der Waals surface area contributed by atoms with Gasteiger partial charge in [0.15, 0.2) is 0 Å². The second kappa shape index (κ2) is 7.16. The van der Waals surface area contributed by atoms with Gasteiger partial charge in [0.2, 0.25) is 0 Å². The Bertz CT molecular complexity index is 986. The molecule has 0 atom stereocenters. The van der Waals surface area contributed by atoms with Crippen LogP contribution in [0.2, 0.25) is 0 Å². The van der Waals surface area contributed by atoms with E-state index >= 15 is 0 Å². The van der Waals surface area contributed by atoms with Gasteiger partial charge in [0, 0.05) is 24.7 Å². The van der Waals surface area contributed by atoms with Crippen molar-refractivity contribution in [1.29, 1.82) is 0 Å². The molecule has 25 heavy (non-hydrogen) atoms. The van der Waals surface area contributed by atoms with Crippen molar-refractivity contribution in [2.75, 3.05) is 24.3 Å². The summed E-state index contributed by atoms with van der Waals surface area (Å²) in [6.07, 6.45) is 2.70. The molecule has 3 aromatic rings. The molecule has 2 aromatic carbocycles. The van der Waals surface area contributed by atoms with Crippen LogP contribution in [0.1, 0.15) is 5.56 Å². The molecule has 3 rings (SSSR count). The molecule has 0 spiro atoms. The largest absolute Gasteiger partial charge is 0.383 e. The number of hydrogen-bond donors (Lipinski definition) is 2. The SMILES string of the molecule is CS(=O)(=O)CCNCc1ccc(-c2ccc3ncnc(N)c3c2)cc1. The fourth-order valence-electron chi connectivity index (χ4n) is 2.56. The molecule has 0 aliphatic heterocycles. The average molecular weight is 356 g/mol. The van der Waals surface area contributed by atoms with Crippen LogP contribution in [-0.4, -0.2) is 36.9 Å². The second-order valence-electron chi connectivity index (χ2n) is 5.99. The fraction of sp³-hybridized carbons (Fsp3) is 0.222. The first-order valence-electron chi connectivity index (χ1n) is 7.90. The van der Waals surface area contributed by atoms with E-state index < -0.39 is 9.84 Å². The highest BCUT2D eigenvalue weighted by molar-refractivity contribution is 7.90. The van der Waals surface area contributed by atoms with Crippen LogP contribution in [0, 0.1) is 0 Å². The Labute approximate surface area is 147 Å². The monoisotopic (exact) mass is 356 g/mol. The molecule has 0 unspecified atom stereocenters. The van der Waals surface area contributed by atoms with E-state index in [-0.39, 0.29) is 5.75 Å². The smallest absolute Gasteiger partial charge is 0.148 e. The van der Waals surface area contributed by atoms with Crippen LogP contribution in [0.4, 0.5) is 5.82 Å². The number of hydrogen-bond acceptors (Lipinski definition) is 6. The standard InChI is InChI=1S/C18H20N4O2S/c1-25(23,24)9-8-20-11-13-2-4-14(5-3-13)15-6-7-17-16(10-15)18(19)22-12-21-17/h2-7,10,12,20H,8-9,11H2,1H3,(H2,19,21,22). The minimum atomic E-state index is -2.93. The van der Waals surface area contributed by atoms with Crippen molar-refractivity contribution in [3.8, 4) is 11.1 Å². The number of benzene rings is 2. The zero-order valence-corrected chi connectivity index (χ0v) is 14.8. The first-order chi connectivity index (χ1) is 11.9. The Morgan fingerprint density at radius 1 is 1.04 bits per heavy atom. The molecule has 130 valence electrons. The van der Waals surface area contributed by atoms with E-state index in [1.807, 2.05) is 42.5 Å². The summed E-state index contributed by atoms with van der Waals surface area (Å²) in [6, 6.07) is 14.1. The summed E-state index contributed by atoms with van der Waals surface area (Å²) in [7, 11) is -2.93. The van der Waals surface area contributed by atoms with Crippen molar-refractivity contribution < 1.29 is 8.42 Å². The summed E-state index contributed by atoms with van der Waals surface area (Å²) < 4.78 is 22.2. The topological polar surface area (TPSA) is 98.0 Å². The van der Waals surface area contributed by atoms with E-state index in [0.717, 1.165) is 27.6 Å². The number of nitrogens with one attached hydrogen (secondary N) is 1. The van der Waals surface area contributed by atoms with Crippen molar-refractivity contribution in [2.24, 2.45) is 0 Å². The molecule has 7 heteroatoms. The molecule has 3 N–H and O–H groups in total. The number of rotatable bonds is 6. The Balaban J connectivity index is 1.71. The van der Waals surface area contributed by atoms with Gasteiger partial charge in [0.1, 0.15) is 22.0 Å². The average Bonchev–Trinajstić information content (AvgIpc) is 2.59. The van der Waals surface area contributed by atoms with Crippen LogP contribution in [0.15, 0.2) is 48.8 Å². The third kappa shape index (κ3) is 4.52. The minimum Gasteiger partial charge on any atom is -0.383 e. The molecular weight excluding hydrogens is 336 g/mol. The molecule has 0 bridgehead atoms. The number of aromatic nitrogens is 2. The van der Waals surface area contributed by atoms with Crippen LogP contribution < -0.4 is 11.1 Å². The summed E-state index contributed by atoms with van der Waals surface area (Å²) in [5, 5.41) is 3.98. The van der Waals surface area contributed by atoms with Crippen LogP contribution in [0.25, 0.3) is 22.0 Å². The lowest BCUT2D eigenvalue weighted by atomic mass is 10.0. The zero-order chi connectivity index (χ0) is 17.9. The summed E-state index contributed by atoms with van der Waals surface area (Å²) in [5.41, 5.74) is 9.96. The van der Waals surface area contributed by atoms with Gasteiger partial charge in [-0.2, -0.15) is 0 Å². The van der Waals surface area contributed by atoms with Crippen molar-refractivity contribution in [1.82, 2.24) is 15.3 Å². The van der Waals surface area contributed by atoms with Crippen molar-refractivity contribution in [2.45, 2.75) is 6.54 Å². The van der Waals surface area contributed by atoms with Crippen LogP contribution in [-0.2, 0) is 16.4 Å². The van der Waals surface area contributed by atoms with Gasteiger partial charge in [-0.05, 0) is 28.8 Å². The molecule has 6 nitrogen and oxygen atoms in total. The lowest BCUT2D eigenvalue weighted by Gasteiger charge is -2.07. The highest BCUT2D eigenvalue weighted by atomic mass is 32.2. The Morgan fingerprint density at radius 3 is 2.48 bits per heavy atom. The molecule has 0 radical (unpaired) electrons. The molecule has 0 aliphatic carbocycles. The lowest BCUT2D eigenvalue weighted by Crippen LogP contribution is -2.21. The van der Waals surface area contributed by atoms with Crippen LogP contribution >= 0.6 is 0 Å². The Morgan fingerprint density at radius 2 is 1.76 bits per heavy atom. The van der Waals surface area contributed by atoms with E-state index in [9.17, 15) is 8.42 Å². The number of sulfone groups is 1. The predicted octanol–water partition coefficient (Wildman–Crippen LogP) is 2.01. The van der Waals surface area contributed by atoms with E-state index in [1.165, 1.54) is 12.6 Å². The summed E-state index contributed by atoms with van der Waals surface area (Å²) in [5.74, 6) is 0.615. The maximum Gasteiger partial charge on any atom is 0.148 e. The highest BCUT2D eigenvalue weighted by Gasteiger charge is 2.05. The van der Waals surface area contributed by atoms with E-state index in [2.05, 4.69) is 15.3 Å². The van der Waals surface area contributed by atoms with Gasteiger partial charge >= 0.3 is 0 Å². The molecule has 0 amide bonds. The van der Waals surface area contributed by atoms with E-state index in [1.54, 1.807) is 0 Å². The van der Waals surface area contributed by atoms with Gasteiger partial charge in [-0.3, -0.25) is 0 Å². The van der Waals surface area contributed by atoms with Gasteiger partial charge in [-0.1, -0.05) is 30.3 Å². The molecule has 0 saturated heterocycles. The Hall–Kier alpha value is -2.51. The molecule has 0 aliphatic rings. The summed E-state index contributed by atoms with van der Waals surface area (Å²) in [6.45, 7) is 1.08. The van der Waals surface area contributed by atoms with E-state index in [4.69, 9.17) is 5.73 Å². The minimum absolute atomic E-state index is 0.145. The van der Waals surface area contributed by atoms with E-state index in [0.29, 0.717) is 18.9 Å². The first-order valence-corrected chi connectivity index (χ1v) is 9.96. The predicted molar refractivity (Wildman–Crippen MR) is 101 cm³/mol. The second-order valence-corrected chi connectivity index (χ2v) is 8.25. The number of nitrogen functional groups attached to an aromatic ring is 1. The van der Waals surface area contributed by atoms with Gasteiger partial charge in [-0.15, -0.1) is 0 Å². The number of nitrogens with two attached hydrogens (primary N) is 1. The molecule has 1 aromatic heterocycles.